The molecule has 1 fully saturated rings. The van der Waals surface area contributed by atoms with Gasteiger partial charge in [0.1, 0.15) is 17.2 Å². The summed E-state index contributed by atoms with van der Waals surface area (Å²) in [7, 11) is 0. The summed E-state index contributed by atoms with van der Waals surface area (Å²) in [5, 5.41) is 3.35. The van der Waals surface area contributed by atoms with Crippen molar-refractivity contribution in [3.8, 4) is 0 Å². The topological polar surface area (TPSA) is 40.7 Å². The van der Waals surface area contributed by atoms with Crippen LogP contribution in [-0.2, 0) is 5.41 Å². The molecule has 0 aliphatic carbocycles. The number of piperidine rings is 1. The first-order chi connectivity index (χ1) is 9.64. The molecule has 3 nitrogen and oxygen atoms in total. The Morgan fingerprint density at radius 3 is 2.70 bits per heavy atom. The van der Waals surface area contributed by atoms with Crippen molar-refractivity contribution >= 4 is 11.0 Å². The van der Waals surface area contributed by atoms with E-state index in [0.717, 1.165) is 50.7 Å². The minimum absolute atomic E-state index is 0.0397. The number of benzene rings is 1. The number of fused-ring (bicyclic) bond motifs is 1. The Hall–Kier alpha value is -1.49. The molecule has 1 aromatic carbocycles. The van der Waals surface area contributed by atoms with Crippen LogP contribution in [0.3, 0.4) is 0 Å². The van der Waals surface area contributed by atoms with Crippen molar-refractivity contribution < 1.29 is 8.78 Å². The Morgan fingerprint density at radius 2 is 2.00 bits per heavy atom. The van der Waals surface area contributed by atoms with E-state index in [-0.39, 0.29) is 10.9 Å². The van der Waals surface area contributed by atoms with Crippen molar-refractivity contribution in [2.24, 2.45) is 0 Å². The number of hydrogen-bond donors (Lipinski definition) is 2. The molecular weight excluding hydrogens is 260 g/mol. The van der Waals surface area contributed by atoms with Crippen LogP contribution in [0.5, 0.6) is 0 Å². The summed E-state index contributed by atoms with van der Waals surface area (Å²) in [5.41, 5.74) is 0.656. The van der Waals surface area contributed by atoms with E-state index in [1.807, 2.05) is 0 Å². The van der Waals surface area contributed by atoms with E-state index in [0.29, 0.717) is 5.52 Å². The quantitative estimate of drug-likeness (QED) is 0.905. The van der Waals surface area contributed by atoms with E-state index in [4.69, 9.17) is 0 Å². The van der Waals surface area contributed by atoms with Gasteiger partial charge in [-0.3, -0.25) is 0 Å². The van der Waals surface area contributed by atoms with Crippen molar-refractivity contribution in [2.45, 2.75) is 38.0 Å². The second-order valence-corrected chi connectivity index (χ2v) is 5.65. The number of imidazole rings is 1. The predicted octanol–water partition coefficient (Wildman–Crippen LogP) is 3.26. The number of halogens is 2. The van der Waals surface area contributed by atoms with Crippen molar-refractivity contribution in [3.63, 3.8) is 0 Å². The maximum Gasteiger partial charge on any atom is 0.153 e. The fourth-order valence-electron chi connectivity index (χ4n) is 3.28. The first kappa shape index (κ1) is 13.5. The van der Waals surface area contributed by atoms with Crippen molar-refractivity contribution in [1.29, 1.82) is 0 Å². The maximum atomic E-state index is 13.8. The van der Waals surface area contributed by atoms with Crippen molar-refractivity contribution in [3.05, 3.63) is 29.6 Å². The normalized spacial score (nSPS) is 18.6. The molecule has 1 aromatic heterocycles. The molecule has 3 rings (SSSR count). The lowest BCUT2D eigenvalue weighted by Gasteiger charge is -2.35. The number of nitrogens with zero attached hydrogens (tertiary/aromatic N) is 1. The summed E-state index contributed by atoms with van der Waals surface area (Å²) in [6.45, 7) is 4.02. The van der Waals surface area contributed by atoms with Gasteiger partial charge in [0, 0.05) is 11.5 Å². The van der Waals surface area contributed by atoms with E-state index in [2.05, 4.69) is 22.2 Å². The van der Waals surface area contributed by atoms with Gasteiger partial charge in [-0.25, -0.2) is 13.8 Å². The number of aromatic amines is 1. The molecule has 2 aromatic rings. The Balaban J connectivity index is 2.09. The maximum absolute atomic E-state index is 13.8. The van der Waals surface area contributed by atoms with Crippen LogP contribution in [-0.4, -0.2) is 23.1 Å². The molecule has 0 spiro atoms. The van der Waals surface area contributed by atoms with Gasteiger partial charge in [0.25, 0.3) is 0 Å². The molecule has 1 aliphatic rings. The zero-order valence-corrected chi connectivity index (χ0v) is 11.6. The smallest absolute Gasteiger partial charge is 0.153 e. The van der Waals surface area contributed by atoms with Gasteiger partial charge in [0.2, 0.25) is 0 Å². The summed E-state index contributed by atoms with van der Waals surface area (Å²) in [6.07, 6.45) is 4.02. The molecule has 2 N–H and O–H groups in total. The molecule has 0 atom stereocenters. The van der Waals surface area contributed by atoms with Crippen molar-refractivity contribution in [1.82, 2.24) is 15.3 Å². The Labute approximate surface area is 116 Å². The molecule has 0 saturated carbocycles. The standard InChI is InChI=1S/C15H19F2N3/c1-2-3-15(4-6-18-7-5-15)14-19-12-9-10(16)8-11(17)13(12)20-14/h8-9,18H,2-7H2,1H3,(H,19,20). The highest BCUT2D eigenvalue weighted by Crippen LogP contribution is 2.37. The molecular formula is C15H19F2N3. The highest BCUT2D eigenvalue weighted by atomic mass is 19.1. The lowest BCUT2D eigenvalue weighted by atomic mass is 9.75. The van der Waals surface area contributed by atoms with Crippen LogP contribution in [0.2, 0.25) is 0 Å². The summed E-state index contributed by atoms with van der Waals surface area (Å²) in [6, 6.07) is 2.21. The molecule has 108 valence electrons. The van der Waals surface area contributed by atoms with Crippen LogP contribution in [0.25, 0.3) is 11.0 Å². The third-order valence-electron chi connectivity index (χ3n) is 4.30. The van der Waals surface area contributed by atoms with Crippen LogP contribution in [0.4, 0.5) is 8.78 Å². The molecule has 2 heterocycles. The third-order valence-corrected chi connectivity index (χ3v) is 4.30. The highest BCUT2D eigenvalue weighted by Gasteiger charge is 2.36. The van der Waals surface area contributed by atoms with E-state index in [9.17, 15) is 8.78 Å². The fraction of sp³-hybridized carbons (Fsp3) is 0.533. The average molecular weight is 279 g/mol. The van der Waals surface area contributed by atoms with E-state index >= 15 is 0 Å². The molecule has 0 radical (unpaired) electrons. The van der Waals surface area contributed by atoms with Crippen molar-refractivity contribution in [2.75, 3.05) is 13.1 Å². The van der Waals surface area contributed by atoms with Crippen LogP contribution >= 0.6 is 0 Å². The summed E-state index contributed by atoms with van der Waals surface area (Å²) < 4.78 is 27.1. The number of rotatable bonds is 3. The molecule has 0 bridgehead atoms. The van der Waals surface area contributed by atoms with Crippen LogP contribution in [0.1, 0.15) is 38.4 Å². The minimum Gasteiger partial charge on any atom is -0.341 e. The van der Waals surface area contributed by atoms with Gasteiger partial charge < -0.3 is 10.3 Å². The van der Waals surface area contributed by atoms with Gasteiger partial charge >= 0.3 is 0 Å². The molecule has 1 saturated heterocycles. The second kappa shape index (κ2) is 5.13. The van der Waals surface area contributed by atoms with Gasteiger partial charge in [-0.1, -0.05) is 13.3 Å². The summed E-state index contributed by atoms with van der Waals surface area (Å²) >= 11 is 0. The monoisotopic (exact) mass is 279 g/mol. The summed E-state index contributed by atoms with van der Waals surface area (Å²) in [4.78, 5) is 7.60. The summed E-state index contributed by atoms with van der Waals surface area (Å²) in [5.74, 6) is -0.358. The molecule has 5 heteroatoms. The second-order valence-electron chi connectivity index (χ2n) is 5.65. The number of hydrogen-bond acceptors (Lipinski definition) is 2. The minimum atomic E-state index is -0.594. The van der Waals surface area contributed by atoms with E-state index in [1.165, 1.54) is 6.07 Å². The molecule has 0 amide bonds. The first-order valence-corrected chi connectivity index (χ1v) is 7.20. The molecule has 20 heavy (non-hydrogen) atoms. The Bertz CT molecular complexity index is 609. The van der Waals surface area contributed by atoms with Gasteiger partial charge in [0.15, 0.2) is 5.82 Å². The SMILES string of the molecule is CCCC1(c2nc3c(F)cc(F)cc3[nH]2)CCNCC1. The first-order valence-electron chi connectivity index (χ1n) is 7.20. The number of aromatic nitrogens is 2. The van der Waals surface area contributed by atoms with Crippen LogP contribution in [0.15, 0.2) is 12.1 Å². The van der Waals surface area contributed by atoms with Gasteiger partial charge in [-0.15, -0.1) is 0 Å². The van der Waals surface area contributed by atoms with E-state index in [1.54, 1.807) is 0 Å². The fourth-order valence-corrected chi connectivity index (χ4v) is 3.28. The predicted molar refractivity (Wildman–Crippen MR) is 74.7 cm³/mol. The lowest BCUT2D eigenvalue weighted by molar-refractivity contribution is 0.273. The zero-order chi connectivity index (χ0) is 14.2. The van der Waals surface area contributed by atoms with Gasteiger partial charge in [0.05, 0.1) is 5.52 Å². The van der Waals surface area contributed by atoms with E-state index < -0.39 is 11.6 Å². The molecule has 0 unspecified atom stereocenters. The average Bonchev–Trinajstić information content (AvgIpc) is 2.85. The number of nitrogens with one attached hydrogen (secondary N) is 2. The van der Waals surface area contributed by atoms with Gasteiger partial charge in [-0.2, -0.15) is 0 Å². The van der Waals surface area contributed by atoms with Crippen LogP contribution < -0.4 is 5.32 Å². The largest absolute Gasteiger partial charge is 0.341 e. The van der Waals surface area contributed by atoms with Crippen LogP contribution in [0, 0.1) is 11.6 Å². The third kappa shape index (κ3) is 2.20. The zero-order valence-electron chi connectivity index (χ0n) is 11.6. The lowest BCUT2D eigenvalue weighted by Crippen LogP contribution is -2.40. The number of H-pyrrole nitrogens is 1. The Kier molecular flexibility index (Phi) is 3.46. The Morgan fingerprint density at radius 1 is 1.25 bits per heavy atom. The highest BCUT2D eigenvalue weighted by molar-refractivity contribution is 5.76. The molecule has 1 aliphatic heterocycles. The van der Waals surface area contributed by atoms with Gasteiger partial charge in [-0.05, 0) is 38.4 Å².